The number of nitrogens with zero attached hydrogens (tertiary/aromatic N) is 2. The molecule has 2 N–H and O–H groups in total. The molecule has 4 aromatic rings. The molecule has 9 heteroatoms. The molecule has 0 aliphatic carbocycles. The molecule has 5 rings (SSSR count). The van der Waals surface area contributed by atoms with E-state index in [-0.39, 0.29) is 25.3 Å². The summed E-state index contributed by atoms with van der Waals surface area (Å²) in [4.78, 5) is 25.1. The van der Waals surface area contributed by atoms with Crippen molar-refractivity contribution in [1.82, 2.24) is 19.8 Å². The molecular formula is C31H35ClN4O4. The first-order valence-corrected chi connectivity index (χ1v) is 13.9. The van der Waals surface area contributed by atoms with Crippen molar-refractivity contribution in [3.63, 3.8) is 0 Å². The smallest absolute Gasteiger partial charge is 0.407 e. The average molecular weight is 563 g/mol. The highest BCUT2D eigenvalue weighted by Crippen LogP contribution is 2.41. The first-order chi connectivity index (χ1) is 19.1. The number of benzene rings is 2. The van der Waals surface area contributed by atoms with Crippen LogP contribution in [-0.2, 0) is 42.7 Å². The number of alkyl carbamates (subject to hydrolysis) is 2. The zero-order chi connectivity index (χ0) is 28.6. The molecule has 0 saturated heterocycles. The lowest BCUT2D eigenvalue weighted by Gasteiger charge is -2.22. The van der Waals surface area contributed by atoms with E-state index >= 15 is 0 Å². The van der Waals surface area contributed by atoms with E-state index in [0.29, 0.717) is 18.0 Å². The Kier molecular flexibility index (Phi) is 7.81. The Balaban J connectivity index is 1.65. The van der Waals surface area contributed by atoms with E-state index in [2.05, 4.69) is 51.1 Å². The molecule has 210 valence electrons. The van der Waals surface area contributed by atoms with Gasteiger partial charge in [0.2, 0.25) is 0 Å². The van der Waals surface area contributed by atoms with Crippen LogP contribution in [0.1, 0.15) is 55.8 Å². The van der Waals surface area contributed by atoms with Crippen LogP contribution in [0.15, 0.2) is 48.5 Å². The standard InChI is InChI=1S/C31H35ClN4O4/c1-18(2)33-30(37)39-16-24-25(17-40-31(38)34-19(3)4)29(20-10-12-21(32)13-11-20)36-15-28-23(14-27(24)36)22-8-6-7-9-26(22)35(28)5/h6-13,18-19H,14-17H2,1-5H3,(H,33,37)(H,34,38). The maximum atomic E-state index is 12.5. The Morgan fingerprint density at radius 1 is 0.875 bits per heavy atom. The molecule has 40 heavy (non-hydrogen) atoms. The Bertz CT molecular complexity index is 1570. The molecule has 0 unspecified atom stereocenters. The molecule has 0 saturated carbocycles. The van der Waals surface area contributed by atoms with Crippen molar-refractivity contribution in [2.75, 3.05) is 0 Å². The third-order valence-electron chi connectivity index (χ3n) is 7.22. The van der Waals surface area contributed by atoms with Crippen LogP contribution in [-0.4, -0.2) is 33.4 Å². The number of fused-ring (bicyclic) bond motifs is 4. The first kappa shape index (κ1) is 27.6. The number of nitrogens with one attached hydrogen (secondary N) is 2. The number of hydrogen-bond donors (Lipinski definition) is 2. The summed E-state index contributed by atoms with van der Waals surface area (Å²) in [6, 6.07) is 15.9. The topological polar surface area (TPSA) is 86.5 Å². The van der Waals surface area contributed by atoms with Crippen molar-refractivity contribution < 1.29 is 19.1 Å². The summed E-state index contributed by atoms with van der Waals surface area (Å²) in [5, 5.41) is 7.42. The molecule has 3 heterocycles. The summed E-state index contributed by atoms with van der Waals surface area (Å²) >= 11 is 6.25. The maximum Gasteiger partial charge on any atom is 0.407 e. The van der Waals surface area contributed by atoms with E-state index < -0.39 is 12.2 Å². The number of amides is 2. The van der Waals surface area contributed by atoms with Crippen LogP contribution < -0.4 is 10.6 Å². The zero-order valence-electron chi connectivity index (χ0n) is 23.5. The average Bonchev–Trinajstić information content (AvgIpc) is 3.36. The molecule has 0 bridgehead atoms. The van der Waals surface area contributed by atoms with Crippen LogP contribution in [0.25, 0.3) is 22.2 Å². The molecule has 0 fully saturated rings. The van der Waals surface area contributed by atoms with E-state index in [9.17, 15) is 9.59 Å². The van der Waals surface area contributed by atoms with Crippen LogP contribution in [0.4, 0.5) is 9.59 Å². The third-order valence-corrected chi connectivity index (χ3v) is 7.47. The van der Waals surface area contributed by atoms with E-state index in [4.69, 9.17) is 21.1 Å². The van der Waals surface area contributed by atoms with Crippen molar-refractivity contribution in [2.45, 2.75) is 66.0 Å². The fourth-order valence-corrected chi connectivity index (χ4v) is 5.61. The Morgan fingerprint density at radius 2 is 1.48 bits per heavy atom. The van der Waals surface area contributed by atoms with E-state index in [1.807, 2.05) is 52.0 Å². The second-order valence-electron chi connectivity index (χ2n) is 10.8. The Labute approximate surface area is 239 Å². The number of hydrogen-bond acceptors (Lipinski definition) is 4. The molecule has 2 aromatic heterocycles. The number of aryl methyl sites for hydroxylation is 1. The summed E-state index contributed by atoms with van der Waals surface area (Å²) in [5.41, 5.74) is 8.20. The van der Waals surface area contributed by atoms with Crippen LogP contribution in [0.3, 0.4) is 0 Å². The quantitative estimate of drug-likeness (QED) is 0.236. The number of carbonyl (C=O) groups is 2. The van der Waals surface area contributed by atoms with Crippen molar-refractivity contribution >= 4 is 34.7 Å². The van der Waals surface area contributed by atoms with Gasteiger partial charge in [-0.05, 0) is 57.0 Å². The molecule has 1 aliphatic heterocycles. The molecule has 2 amide bonds. The minimum absolute atomic E-state index is 0.0259. The predicted molar refractivity (Wildman–Crippen MR) is 157 cm³/mol. The summed E-state index contributed by atoms with van der Waals surface area (Å²) in [6.07, 6.45) is -0.339. The largest absolute Gasteiger partial charge is 0.445 e. The minimum Gasteiger partial charge on any atom is -0.445 e. The summed E-state index contributed by atoms with van der Waals surface area (Å²) < 4.78 is 16.0. The van der Waals surface area contributed by atoms with Crippen molar-refractivity contribution in [1.29, 1.82) is 0 Å². The lowest BCUT2D eigenvalue weighted by molar-refractivity contribution is 0.129. The van der Waals surface area contributed by atoms with Gasteiger partial charge in [0.15, 0.2) is 0 Å². The van der Waals surface area contributed by atoms with Gasteiger partial charge in [-0.1, -0.05) is 41.9 Å². The Morgan fingerprint density at radius 3 is 2.10 bits per heavy atom. The molecular weight excluding hydrogens is 528 g/mol. The van der Waals surface area contributed by atoms with Gasteiger partial charge in [0.05, 0.1) is 12.2 Å². The van der Waals surface area contributed by atoms with E-state index in [1.165, 1.54) is 22.2 Å². The lowest BCUT2D eigenvalue weighted by Crippen LogP contribution is -2.31. The van der Waals surface area contributed by atoms with Gasteiger partial charge >= 0.3 is 12.2 Å². The molecule has 1 aliphatic rings. The molecule has 2 aromatic carbocycles. The van der Waals surface area contributed by atoms with Crippen LogP contribution in [0, 0.1) is 0 Å². The second-order valence-corrected chi connectivity index (χ2v) is 11.2. The molecule has 0 radical (unpaired) electrons. The van der Waals surface area contributed by atoms with Gasteiger partial charge in [-0.2, -0.15) is 0 Å². The van der Waals surface area contributed by atoms with Gasteiger partial charge in [0, 0.05) is 64.0 Å². The third kappa shape index (κ3) is 5.41. The van der Waals surface area contributed by atoms with Crippen molar-refractivity contribution in [3.8, 4) is 11.3 Å². The number of carbonyl (C=O) groups excluding carboxylic acids is 2. The number of ether oxygens (including phenoxy) is 2. The number of para-hydroxylation sites is 1. The highest BCUT2D eigenvalue weighted by atomic mass is 35.5. The zero-order valence-corrected chi connectivity index (χ0v) is 24.3. The molecule has 0 atom stereocenters. The van der Waals surface area contributed by atoms with Gasteiger partial charge in [-0.25, -0.2) is 9.59 Å². The highest BCUT2D eigenvalue weighted by molar-refractivity contribution is 6.30. The number of aromatic nitrogens is 2. The number of rotatable bonds is 7. The molecule has 8 nitrogen and oxygen atoms in total. The summed E-state index contributed by atoms with van der Waals surface area (Å²) in [6.45, 7) is 8.22. The van der Waals surface area contributed by atoms with Crippen molar-refractivity contribution in [2.24, 2.45) is 7.05 Å². The number of halogens is 1. The van der Waals surface area contributed by atoms with E-state index in [1.54, 1.807) is 0 Å². The lowest BCUT2D eigenvalue weighted by atomic mass is 9.99. The van der Waals surface area contributed by atoms with Gasteiger partial charge in [-0.3, -0.25) is 0 Å². The normalized spacial score (nSPS) is 12.4. The van der Waals surface area contributed by atoms with Gasteiger partial charge < -0.3 is 29.2 Å². The van der Waals surface area contributed by atoms with Crippen LogP contribution >= 0.6 is 11.6 Å². The van der Waals surface area contributed by atoms with Crippen molar-refractivity contribution in [3.05, 3.63) is 81.6 Å². The highest BCUT2D eigenvalue weighted by Gasteiger charge is 2.31. The van der Waals surface area contributed by atoms with E-state index in [0.717, 1.165) is 28.1 Å². The van der Waals surface area contributed by atoms with Crippen LogP contribution in [0.5, 0.6) is 0 Å². The molecule has 0 spiro atoms. The summed E-state index contributed by atoms with van der Waals surface area (Å²) in [7, 11) is 2.10. The van der Waals surface area contributed by atoms with Crippen LogP contribution in [0.2, 0.25) is 5.02 Å². The van der Waals surface area contributed by atoms with Gasteiger partial charge in [-0.15, -0.1) is 0 Å². The first-order valence-electron chi connectivity index (χ1n) is 13.5. The minimum atomic E-state index is -0.500. The van der Waals surface area contributed by atoms with Gasteiger partial charge in [0.1, 0.15) is 13.2 Å². The fourth-order valence-electron chi connectivity index (χ4n) is 5.49. The summed E-state index contributed by atoms with van der Waals surface area (Å²) in [5.74, 6) is 0. The maximum absolute atomic E-state index is 12.5. The van der Waals surface area contributed by atoms with Gasteiger partial charge in [0.25, 0.3) is 0 Å². The fraction of sp³-hybridized carbons (Fsp3) is 0.355. The monoisotopic (exact) mass is 562 g/mol. The Hall–Kier alpha value is -3.91. The second kappa shape index (κ2) is 11.3. The predicted octanol–water partition coefficient (Wildman–Crippen LogP) is 6.52. The SMILES string of the molecule is CC(C)NC(=O)OCc1c(COC(=O)NC(C)C)c(-c2ccc(Cl)cc2)n2c1Cc1c(n(C)c3ccccc13)C2.